The Labute approximate surface area is 201 Å². The van der Waals surface area contributed by atoms with Crippen LogP contribution in [0.15, 0.2) is 48.5 Å². The molecule has 6 heteroatoms. The molecule has 180 valence electrons. The SMILES string of the molecule is O=C(NCC1C2CC2[C@]1(O)CN1CCc2ccccc2C1)c1cccc(NC2CCOCC2)c1. The summed E-state index contributed by atoms with van der Waals surface area (Å²) < 4.78 is 5.43. The summed E-state index contributed by atoms with van der Waals surface area (Å²) in [4.78, 5) is 15.3. The lowest BCUT2D eigenvalue weighted by atomic mass is 9.68. The lowest BCUT2D eigenvalue weighted by Crippen LogP contribution is -2.60. The number of carbonyl (C=O) groups is 1. The third-order valence-electron chi connectivity index (χ3n) is 8.53. The standard InChI is InChI=1S/C28H35N3O3/c32-27(20-6-3-7-23(14-20)30-22-9-12-34-13-10-22)29-16-26-24-15-25(24)28(26,33)18-31-11-8-19-4-1-2-5-21(19)17-31/h1-7,14,22,24-26,30,33H,8-13,15-18H2,(H,29,32)/t24?,25?,26?,28-/m1/s1. The number of benzene rings is 2. The Morgan fingerprint density at radius 3 is 2.79 bits per heavy atom. The van der Waals surface area contributed by atoms with Gasteiger partial charge in [0.1, 0.15) is 0 Å². The van der Waals surface area contributed by atoms with Crippen LogP contribution in [0.5, 0.6) is 0 Å². The molecular formula is C28H35N3O3. The minimum Gasteiger partial charge on any atom is -0.388 e. The highest BCUT2D eigenvalue weighted by atomic mass is 16.5. The topological polar surface area (TPSA) is 73.8 Å². The zero-order valence-electron chi connectivity index (χ0n) is 19.7. The molecule has 2 aliphatic carbocycles. The van der Waals surface area contributed by atoms with E-state index in [9.17, 15) is 9.90 Å². The molecule has 0 radical (unpaired) electrons. The Hall–Kier alpha value is -2.41. The molecule has 3 fully saturated rings. The van der Waals surface area contributed by atoms with Crippen molar-refractivity contribution in [2.45, 2.75) is 43.9 Å². The Kier molecular flexibility index (Phi) is 5.84. The smallest absolute Gasteiger partial charge is 0.251 e. The first-order valence-corrected chi connectivity index (χ1v) is 12.8. The van der Waals surface area contributed by atoms with Gasteiger partial charge in [0.15, 0.2) is 0 Å². The van der Waals surface area contributed by atoms with Crippen LogP contribution in [0.3, 0.4) is 0 Å². The molecule has 2 aromatic rings. The van der Waals surface area contributed by atoms with Crippen LogP contribution in [0.4, 0.5) is 5.69 Å². The van der Waals surface area contributed by atoms with E-state index in [1.54, 1.807) is 0 Å². The zero-order valence-corrected chi connectivity index (χ0v) is 19.7. The number of β-amino-alcohol motifs (C(OH)–C–C–N with tert-alkyl or cyclic N) is 1. The second-order valence-electron chi connectivity index (χ2n) is 10.7. The Morgan fingerprint density at radius 1 is 1.12 bits per heavy atom. The van der Waals surface area contributed by atoms with Gasteiger partial charge in [-0.2, -0.15) is 0 Å². The van der Waals surface area contributed by atoms with Crippen LogP contribution in [0.25, 0.3) is 0 Å². The van der Waals surface area contributed by atoms with Gasteiger partial charge in [-0.15, -0.1) is 0 Å². The molecule has 0 spiro atoms. The zero-order chi connectivity index (χ0) is 23.1. The van der Waals surface area contributed by atoms with Crippen LogP contribution in [0.1, 0.15) is 40.7 Å². The first-order valence-electron chi connectivity index (χ1n) is 12.8. The highest BCUT2D eigenvalue weighted by Crippen LogP contribution is 2.66. The monoisotopic (exact) mass is 461 g/mol. The first-order chi connectivity index (χ1) is 16.6. The summed E-state index contributed by atoms with van der Waals surface area (Å²) in [7, 11) is 0. The summed E-state index contributed by atoms with van der Waals surface area (Å²) in [6.45, 7) is 4.71. The molecule has 6 rings (SSSR count). The largest absolute Gasteiger partial charge is 0.388 e. The summed E-state index contributed by atoms with van der Waals surface area (Å²) in [5.41, 5.74) is 3.77. The predicted molar refractivity (Wildman–Crippen MR) is 132 cm³/mol. The molecule has 6 nitrogen and oxygen atoms in total. The van der Waals surface area contributed by atoms with Crippen molar-refractivity contribution in [3.63, 3.8) is 0 Å². The molecule has 0 aromatic heterocycles. The van der Waals surface area contributed by atoms with Crippen LogP contribution >= 0.6 is 0 Å². The third-order valence-corrected chi connectivity index (χ3v) is 8.53. The van der Waals surface area contributed by atoms with Gasteiger partial charge in [-0.05, 0) is 66.8 Å². The molecule has 0 bridgehead atoms. The van der Waals surface area contributed by atoms with Crippen LogP contribution in [-0.2, 0) is 17.7 Å². The molecule has 4 aliphatic rings. The van der Waals surface area contributed by atoms with E-state index in [1.165, 1.54) is 11.1 Å². The number of hydrogen-bond acceptors (Lipinski definition) is 5. The van der Waals surface area contributed by atoms with Crippen LogP contribution in [0.2, 0.25) is 0 Å². The molecule has 4 atom stereocenters. The van der Waals surface area contributed by atoms with E-state index in [1.807, 2.05) is 24.3 Å². The minimum absolute atomic E-state index is 0.0611. The van der Waals surface area contributed by atoms with Crippen molar-refractivity contribution in [3.05, 3.63) is 65.2 Å². The van der Waals surface area contributed by atoms with Gasteiger partial charge in [-0.1, -0.05) is 30.3 Å². The number of fused-ring (bicyclic) bond motifs is 2. The van der Waals surface area contributed by atoms with Crippen molar-refractivity contribution in [2.75, 3.05) is 38.2 Å². The fourth-order valence-corrected chi connectivity index (χ4v) is 6.50. The van der Waals surface area contributed by atoms with E-state index in [-0.39, 0.29) is 11.8 Å². The van der Waals surface area contributed by atoms with Crippen molar-refractivity contribution < 1.29 is 14.6 Å². The van der Waals surface area contributed by atoms with E-state index in [0.717, 1.165) is 57.7 Å². The number of nitrogens with zero attached hydrogens (tertiary/aromatic N) is 1. The third kappa shape index (κ3) is 4.23. The second-order valence-corrected chi connectivity index (χ2v) is 10.7. The second kappa shape index (κ2) is 8.99. The van der Waals surface area contributed by atoms with Crippen LogP contribution < -0.4 is 10.6 Å². The summed E-state index contributed by atoms with van der Waals surface area (Å²) >= 11 is 0. The molecular weight excluding hydrogens is 426 g/mol. The number of hydrogen-bond donors (Lipinski definition) is 3. The van der Waals surface area contributed by atoms with Gasteiger partial charge >= 0.3 is 0 Å². The fourth-order valence-electron chi connectivity index (χ4n) is 6.50. The van der Waals surface area contributed by atoms with Gasteiger partial charge in [0.2, 0.25) is 0 Å². The predicted octanol–water partition coefficient (Wildman–Crippen LogP) is 3.06. The van der Waals surface area contributed by atoms with Crippen LogP contribution in [-0.4, -0.2) is 60.4 Å². The van der Waals surface area contributed by atoms with Crippen LogP contribution in [0, 0.1) is 17.8 Å². The summed E-state index contributed by atoms with van der Waals surface area (Å²) in [6.07, 6.45) is 4.11. The number of rotatable bonds is 7. The number of amides is 1. The summed E-state index contributed by atoms with van der Waals surface area (Å²) in [5.74, 6) is 1.04. The molecule has 3 N–H and O–H groups in total. The van der Waals surface area contributed by atoms with Gasteiger partial charge < -0.3 is 20.5 Å². The lowest BCUT2D eigenvalue weighted by molar-refractivity contribution is -0.124. The number of anilines is 1. The van der Waals surface area contributed by atoms with E-state index in [4.69, 9.17) is 4.74 Å². The Morgan fingerprint density at radius 2 is 1.94 bits per heavy atom. The maximum absolute atomic E-state index is 12.9. The lowest BCUT2D eigenvalue weighted by Gasteiger charge is -2.48. The molecule has 1 amide bonds. The summed E-state index contributed by atoms with van der Waals surface area (Å²) in [5, 5.41) is 18.2. The van der Waals surface area contributed by atoms with E-state index in [0.29, 0.717) is 36.5 Å². The number of aliphatic hydroxyl groups is 1. The average Bonchev–Trinajstić information content (AvgIpc) is 3.62. The van der Waals surface area contributed by atoms with E-state index < -0.39 is 5.60 Å². The molecule has 2 aromatic carbocycles. The number of nitrogens with one attached hydrogen (secondary N) is 2. The van der Waals surface area contributed by atoms with Gasteiger partial charge in [0, 0.05) is 62.6 Å². The maximum atomic E-state index is 12.9. The highest BCUT2D eigenvalue weighted by molar-refractivity contribution is 5.95. The quantitative estimate of drug-likeness (QED) is 0.591. The van der Waals surface area contributed by atoms with Crippen molar-refractivity contribution in [1.82, 2.24) is 10.2 Å². The molecule has 2 aliphatic heterocycles. The van der Waals surface area contributed by atoms with E-state index in [2.05, 4.69) is 39.8 Å². The van der Waals surface area contributed by atoms with Gasteiger partial charge in [-0.3, -0.25) is 9.69 Å². The highest BCUT2D eigenvalue weighted by Gasteiger charge is 2.70. The molecule has 1 saturated heterocycles. The average molecular weight is 462 g/mol. The summed E-state index contributed by atoms with van der Waals surface area (Å²) in [6, 6.07) is 16.8. The molecule has 2 saturated carbocycles. The van der Waals surface area contributed by atoms with Gasteiger partial charge in [0.25, 0.3) is 5.91 Å². The first kappa shape index (κ1) is 22.1. The van der Waals surface area contributed by atoms with E-state index >= 15 is 0 Å². The Balaban J connectivity index is 1.05. The van der Waals surface area contributed by atoms with Crippen molar-refractivity contribution in [1.29, 1.82) is 0 Å². The molecule has 34 heavy (non-hydrogen) atoms. The normalized spacial score (nSPS) is 30.6. The van der Waals surface area contributed by atoms with Crippen molar-refractivity contribution >= 4 is 11.6 Å². The molecule has 2 heterocycles. The van der Waals surface area contributed by atoms with Gasteiger partial charge in [-0.25, -0.2) is 0 Å². The van der Waals surface area contributed by atoms with Crippen molar-refractivity contribution in [2.24, 2.45) is 17.8 Å². The van der Waals surface area contributed by atoms with Crippen molar-refractivity contribution in [3.8, 4) is 0 Å². The maximum Gasteiger partial charge on any atom is 0.251 e. The number of ether oxygens (including phenoxy) is 1. The molecule has 3 unspecified atom stereocenters. The van der Waals surface area contributed by atoms with Gasteiger partial charge in [0.05, 0.1) is 5.60 Å². The number of carbonyl (C=O) groups excluding carboxylic acids is 1. The Bertz CT molecular complexity index is 1050. The fraction of sp³-hybridized carbons (Fsp3) is 0.536. The minimum atomic E-state index is -0.684.